The first-order valence-electron chi connectivity index (χ1n) is 6.74. The number of benzene rings is 1. The molecule has 0 atom stereocenters. The lowest BCUT2D eigenvalue weighted by atomic mass is 10.1. The maximum absolute atomic E-state index is 12.1. The number of hydrogen-bond donors (Lipinski definition) is 0. The van der Waals surface area contributed by atoms with Crippen molar-refractivity contribution in [3.05, 3.63) is 23.8 Å². The summed E-state index contributed by atoms with van der Waals surface area (Å²) in [5.74, 6) is 1.80. The number of rotatable bonds is 5. The Morgan fingerprint density at radius 1 is 1.16 bits per heavy atom. The van der Waals surface area contributed by atoms with Crippen molar-refractivity contribution in [3.63, 3.8) is 0 Å². The fourth-order valence-corrected chi connectivity index (χ4v) is 2.53. The average molecular weight is 263 g/mol. The van der Waals surface area contributed by atoms with Gasteiger partial charge in [0.05, 0.1) is 14.2 Å². The van der Waals surface area contributed by atoms with E-state index in [2.05, 4.69) is 0 Å². The highest BCUT2D eigenvalue weighted by molar-refractivity contribution is 5.77. The van der Waals surface area contributed by atoms with E-state index in [-0.39, 0.29) is 5.91 Å². The second kappa shape index (κ2) is 6.45. The van der Waals surface area contributed by atoms with E-state index in [1.54, 1.807) is 14.2 Å². The monoisotopic (exact) mass is 263 g/mol. The van der Waals surface area contributed by atoms with E-state index in [1.165, 1.54) is 0 Å². The summed E-state index contributed by atoms with van der Waals surface area (Å²) in [6, 6.07) is 5.69. The molecule has 1 aromatic rings. The van der Waals surface area contributed by atoms with Crippen molar-refractivity contribution in [2.75, 3.05) is 27.3 Å². The molecule has 4 nitrogen and oxygen atoms in total. The van der Waals surface area contributed by atoms with Crippen LogP contribution in [0.4, 0.5) is 0 Å². The summed E-state index contributed by atoms with van der Waals surface area (Å²) >= 11 is 0. The molecule has 1 amide bonds. The van der Waals surface area contributed by atoms with E-state index >= 15 is 0 Å². The Hall–Kier alpha value is -1.71. The Labute approximate surface area is 114 Å². The standard InChI is InChI=1S/C15H21NO3/c1-18-13-6-5-7-14(19-2)12(13)8-9-15(17)16-10-3-4-11-16/h5-7H,3-4,8-11H2,1-2H3. The highest BCUT2D eigenvalue weighted by Crippen LogP contribution is 2.29. The van der Waals surface area contributed by atoms with Crippen LogP contribution in [-0.2, 0) is 11.2 Å². The Morgan fingerprint density at radius 2 is 1.74 bits per heavy atom. The number of carbonyl (C=O) groups is 1. The van der Waals surface area contributed by atoms with Gasteiger partial charge < -0.3 is 14.4 Å². The number of likely N-dealkylation sites (tertiary alicyclic amines) is 1. The lowest BCUT2D eigenvalue weighted by Crippen LogP contribution is -2.27. The highest BCUT2D eigenvalue weighted by atomic mass is 16.5. The van der Waals surface area contributed by atoms with Crippen LogP contribution in [0.2, 0.25) is 0 Å². The van der Waals surface area contributed by atoms with Crippen molar-refractivity contribution in [2.45, 2.75) is 25.7 Å². The number of methoxy groups -OCH3 is 2. The third-order valence-corrected chi connectivity index (χ3v) is 3.58. The van der Waals surface area contributed by atoms with Crippen molar-refractivity contribution in [1.29, 1.82) is 0 Å². The molecule has 0 unspecified atom stereocenters. The highest BCUT2D eigenvalue weighted by Gasteiger charge is 2.19. The Balaban J connectivity index is 2.03. The van der Waals surface area contributed by atoms with E-state index in [1.807, 2.05) is 23.1 Å². The fourth-order valence-electron chi connectivity index (χ4n) is 2.53. The van der Waals surface area contributed by atoms with Gasteiger partial charge in [0.2, 0.25) is 5.91 Å². The summed E-state index contributed by atoms with van der Waals surface area (Å²) < 4.78 is 10.7. The smallest absolute Gasteiger partial charge is 0.222 e. The molecule has 0 radical (unpaired) electrons. The topological polar surface area (TPSA) is 38.8 Å². The van der Waals surface area contributed by atoms with E-state index in [0.29, 0.717) is 12.8 Å². The molecule has 0 spiro atoms. The van der Waals surface area contributed by atoms with Crippen molar-refractivity contribution in [3.8, 4) is 11.5 Å². The second-order valence-electron chi connectivity index (χ2n) is 4.73. The largest absolute Gasteiger partial charge is 0.496 e. The van der Waals surface area contributed by atoms with Gasteiger partial charge in [-0.25, -0.2) is 0 Å². The Morgan fingerprint density at radius 3 is 2.26 bits per heavy atom. The van der Waals surface area contributed by atoms with Crippen molar-refractivity contribution in [1.82, 2.24) is 4.90 Å². The predicted molar refractivity (Wildman–Crippen MR) is 73.7 cm³/mol. The van der Waals surface area contributed by atoms with Crippen LogP contribution in [0.25, 0.3) is 0 Å². The van der Waals surface area contributed by atoms with Gasteiger partial charge >= 0.3 is 0 Å². The summed E-state index contributed by atoms with van der Waals surface area (Å²) in [5, 5.41) is 0. The molecule has 4 heteroatoms. The zero-order chi connectivity index (χ0) is 13.7. The van der Waals surface area contributed by atoms with Crippen LogP contribution in [0.3, 0.4) is 0 Å². The molecule has 0 N–H and O–H groups in total. The van der Waals surface area contributed by atoms with Crippen LogP contribution in [0.1, 0.15) is 24.8 Å². The maximum Gasteiger partial charge on any atom is 0.222 e. The molecule has 1 aliphatic heterocycles. The molecule has 1 aromatic carbocycles. The van der Waals surface area contributed by atoms with Crippen LogP contribution in [0.5, 0.6) is 11.5 Å². The van der Waals surface area contributed by atoms with Gasteiger partial charge in [0.25, 0.3) is 0 Å². The Bertz CT molecular complexity index is 417. The van der Waals surface area contributed by atoms with Gasteiger partial charge in [0.15, 0.2) is 0 Å². The van der Waals surface area contributed by atoms with Gasteiger partial charge in [0.1, 0.15) is 11.5 Å². The van der Waals surface area contributed by atoms with Crippen LogP contribution in [0, 0.1) is 0 Å². The lowest BCUT2D eigenvalue weighted by Gasteiger charge is -2.17. The number of hydrogen-bond acceptors (Lipinski definition) is 3. The second-order valence-corrected chi connectivity index (χ2v) is 4.73. The van der Waals surface area contributed by atoms with E-state index in [0.717, 1.165) is 43.0 Å². The summed E-state index contributed by atoms with van der Waals surface area (Å²) in [7, 11) is 3.28. The fraction of sp³-hybridized carbons (Fsp3) is 0.533. The Kier molecular flexibility index (Phi) is 4.66. The molecule has 104 valence electrons. The van der Waals surface area contributed by atoms with Gasteiger partial charge in [-0.1, -0.05) is 6.07 Å². The SMILES string of the molecule is COc1cccc(OC)c1CCC(=O)N1CCCC1. The first-order valence-corrected chi connectivity index (χ1v) is 6.74. The molecule has 1 saturated heterocycles. The molecular weight excluding hydrogens is 242 g/mol. The minimum Gasteiger partial charge on any atom is -0.496 e. The average Bonchev–Trinajstić information content (AvgIpc) is 2.98. The predicted octanol–water partition coefficient (Wildman–Crippen LogP) is 2.26. The first kappa shape index (κ1) is 13.7. The van der Waals surface area contributed by atoms with Gasteiger partial charge in [0, 0.05) is 25.1 Å². The van der Waals surface area contributed by atoms with Crippen molar-refractivity contribution in [2.24, 2.45) is 0 Å². The number of amides is 1. The quantitative estimate of drug-likeness (QED) is 0.818. The molecule has 1 heterocycles. The van der Waals surface area contributed by atoms with Crippen molar-refractivity contribution < 1.29 is 14.3 Å². The normalized spacial score (nSPS) is 14.5. The molecule has 1 fully saturated rings. The first-order chi connectivity index (χ1) is 9.26. The van der Waals surface area contributed by atoms with Gasteiger partial charge in [-0.05, 0) is 31.4 Å². The van der Waals surface area contributed by atoms with Crippen LogP contribution >= 0.6 is 0 Å². The van der Waals surface area contributed by atoms with Crippen LogP contribution in [0.15, 0.2) is 18.2 Å². The van der Waals surface area contributed by atoms with Gasteiger partial charge in [-0.15, -0.1) is 0 Å². The molecular formula is C15H21NO3. The van der Waals surface area contributed by atoms with E-state index in [9.17, 15) is 4.79 Å². The molecule has 1 aliphatic rings. The molecule has 0 aromatic heterocycles. The van der Waals surface area contributed by atoms with E-state index in [4.69, 9.17) is 9.47 Å². The molecule has 0 saturated carbocycles. The number of nitrogens with zero attached hydrogens (tertiary/aromatic N) is 1. The summed E-state index contributed by atoms with van der Waals surface area (Å²) in [4.78, 5) is 14.0. The zero-order valence-electron chi connectivity index (χ0n) is 11.6. The molecule has 0 aliphatic carbocycles. The number of carbonyl (C=O) groups excluding carboxylic acids is 1. The minimum atomic E-state index is 0.227. The maximum atomic E-state index is 12.1. The minimum absolute atomic E-state index is 0.227. The molecule has 2 rings (SSSR count). The number of ether oxygens (including phenoxy) is 2. The third kappa shape index (κ3) is 3.19. The summed E-state index contributed by atoms with van der Waals surface area (Å²) in [5.41, 5.74) is 0.972. The summed E-state index contributed by atoms with van der Waals surface area (Å²) in [6.07, 6.45) is 3.42. The van der Waals surface area contributed by atoms with Crippen LogP contribution < -0.4 is 9.47 Å². The van der Waals surface area contributed by atoms with E-state index < -0.39 is 0 Å². The lowest BCUT2D eigenvalue weighted by molar-refractivity contribution is -0.130. The molecule has 19 heavy (non-hydrogen) atoms. The summed E-state index contributed by atoms with van der Waals surface area (Å²) in [6.45, 7) is 1.81. The van der Waals surface area contributed by atoms with Gasteiger partial charge in [-0.2, -0.15) is 0 Å². The van der Waals surface area contributed by atoms with Crippen LogP contribution in [-0.4, -0.2) is 38.1 Å². The molecule has 0 bridgehead atoms. The van der Waals surface area contributed by atoms with Crippen molar-refractivity contribution >= 4 is 5.91 Å². The third-order valence-electron chi connectivity index (χ3n) is 3.58. The van der Waals surface area contributed by atoms with Gasteiger partial charge in [-0.3, -0.25) is 4.79 Å². The zero-order valence-corrected chi connectivity index (χ0v) is 11.6.